The van der Waals surface area contributed by atoms with Crippen molar-refractivity contribution >= 4 is 27.8 Å². The van der Waals surface area contributed by atoms with Crippen molar-refractivity contribution in [3.05, 3.63) is 23.8 Å². The molecule has 2 N–H and O–H groups in total. The van der Waals surface area contributed by atoms with Gasteiger partial charge in [0.1, 0.15) is 22.9 Å². The Kier molecular flexibility index (Phi) is 5.62. The first-order valence-corrected chi connectivity index (χ1v) is 6.23. The molecule has 1 aromatic rings. The van der Waals surface area contributed by atoms with Crippen molar-refractivity contribution in [2.24, 2.45) is 5.73 Å². The average molecular weight is 332 g/mol. The fourth-order valence-electron chi connectivity index (χ4n) is 1.28. The lowest BCUT2D eigenvalue weighted by molar-refractivity contribution is -0.140. The summed E-state index contributed by atoms with van der Waals surface area (Å²) in [5, 5.41) is 0. The van der Waals surface area contributed by atoms with Gasteiger partial charge < -0.3 is 19.9 Å². The summed E-state index contributed by atoms with van der Waals surface area (Å²) in [6.07, 6.45) is 0. The number of benzene rings is 1. The van der Waals surface area contributed by atoms with Crippen LogP contribution in [0.4, 0.5) is 0 Å². The SMILES string of the molecule is COC(=O)C(Br)COc1cc(OC)cc(C(N)=O)c1. The highest BCUT2D eigenvalue weighted by molar-refractivity contribution is 9.10. The summed E-state index contributed by atoms with van der Waals surface area (Å²) in [7, 11) is 2.75. The van der Waals surface area contributed by atoms with Crippen molar-refractivity contribution in [2.45, 2.75) is 4.83 Å². The van der Waals surface area contributed by atoms with Crippen LogP contribution in [0.1, 0.15) is 10.4 Å². The molecule has 0 bridgehead atoms. The normalized spacial score (nSPS) is 11.5. The summed E-state index contributed by atoms with van der Waals surface area (Å²) < 4.78 is 15.0. The van der Waals surface area contributed by atoms with E-state index in [1.807, 2.05) is 0 Å². The van der Waals surface area contributed by atoms with Gasteiger partial charge in [0.15, 0.2) is 0 Å². The topological polar surface area (TPSA) is 87.8 Å². The molecule has 0 heterocycles. The van der Waals surface area contributed by atoms with E-state index in [4.69, 9.17) is 15.2 Å². The molecule has 0 saturated carbocycles. The number of primary amides is 1. The van der Waals surface area contributed by atoms with E-state index in [9.17, 15) is 9.59 Å². The number of carbonyl (C=O) groups is 2. The number of hydrogen-bond acceptors (Lipinski definition) is 5. The maximum atomic E-state index is 11.2. The molecule has 19 heavy (non-hydrogen) atoms. The summed E-state index contributed by atoms with van der Waals surface area (Å²) in [5.74, 6) is -0.220. The van der Waals surface area contributed by atoms with E-state index in [0.717, 1.165) is 0 Å². The van der Waals surface area contributed by atoms with Gasteiger partial charge in [0, 0.05) is 11.6 Å². The number of ether oxygens (including phenoxy) is 3. The Morgan fingerprint density at radius 3 is 2.42 bits per heavy atom. The van der Waals surface area contributed by atoms with Gasteiger partial charge in [-0.2, -0.15) is 0 Å². The number of alkyl halides is 1. The molecular weight excluding hydrogens is 318 g/mol. The Balaban J connectivity index is 2.80. The monoisotopic (exact) mass is 331 g/mol. The largest absolute Gasteiger partial charge is 0.497 e. The second-order valence-corrected chi connectivity index (χ2v) is 4.67. The molecule has 0 radical (unpaired) electrons. The lowest BCUT2D eigenvalue weighted by atomic mass is 10.2. The van der Waals surface area contributed by atoms with Gasteiger partial charge in [-0.15, -0.1) is 0 Å². The predicted octanol–water partition coefficient (Wildman–Crippen LogP) is 1.11. The van der Waals surface area contributed by atoms with Gasteiger partial charge in [-0.1, -0.05) is 15.9 Å². The van der Waals surface area contributed by atoms with Crippen LogP contribution in [0, 0.1) is 0 Å². The molecule has 6 nitrogen and oxygen atoms in total. The smallest absolute Gasteiger partial charge is 0.322 e. The molecule has 1 amide bonds. The highest BCUT2D eigenvalue weighted by atomic mass is 79.9. The molecule has 0 fully saturated rings. The van der Waals surface area contributed by atoms with Gasteiger partial charge >= 0.3 is 5.97 Å². The van der Waals surface area contributed by atoms with Crippen LogP contribution in [0.15, 0.2) is 18.2 Å². The third-order valence-corrected chi connectivity index (χ3v) is 2.89. The fraction of sp³-hybridized carbons (Fsp3) is 0.333. The van der Waals surface area contributed by atoms with Crippen LogP contribution < -0.4 is 15.2 Å². The number of methoxy groups -OCH3 is 2. The van der Waals surface area contributed by atoms with E-state index < -0.39 is 16.7 Å². The molecular formula is C12H14BrNO5. The number of rotatable bonds is 6. The van der Waals surface area contributed by atoms with E-state index in [2.05, 4.69) is 20.7 Å². The van der Waals surface area contributed by atoms with E-state index >= 15 is 0 Å². The lowest BCUT2D eigenvalue weighted by Gasteiger charge is -2.12. The summed E-state index contributed by atoms with van der Waals surface area (Å²) in [6.45, 7) is 0.0536. The number of carbonyl (C=O) groups excluding carboxylic acids is 2. The Bertz CT molecular complexity index is 477. The van der Waals surface area contributed by atoms with E-state index in [1.54, 1.807) is 6.07 Å². The molecule has 1 atom stereocenters. The van der Waals surface area contributed by atoms with Crippen molar-refractivity contribution in [1.82, 2.24) is 0 Å². The second-order valence-electron chi connectivity index (χ2n) is 3.56. The summed E-state index contributed by atoms with van der Waals surface area (Å²) in [6, 6.07) is 4.56. The third kappa shape index (κ3) is 4.44. The highest BCUT2D eigenvalue weighted by Gasteiger charge is 2.16. The lowest BCUT2D eigenvalue weighted by Crippen LogP contribution is -2.23. The first kappa shape index (κ1) is 15.3. The van der Waals surface area contributed by atoms with Crippen LogP contribution in [0.5, 0.6) is 11.5 Å². The Labute approximate surface area is 118 Å². The minimum absolute atomic E-state index is 0.0536. The van der Waals surface area contributed by atoms with E-state index in [1.165, 1.54) is 26.4 Å². The molecule has 0 spiro atoms. The van der Waals surface area contributed by atoms with Crippen molar-refractivity contribution in [3.63, 3.8) is 0 Å². The number of esters is 1. The van der Waals surface area contributed by atoms with Crippen LogP contribution >= 0.6 is 15.9 Å². The van der Waals surface area contributed by atoms with Gasteiger partial charge in [-0.25, -0.2) is 0 Å². The van der Waals surface area contributed by atoms with E-state index in [0.29, 0.717) is 11.5 Å². The van der Waals surface area contributed by atoms with Crippen molar-refractivity contribution < 1.29 is 23.8 Å². The standard InChI is InChI=1S/C12H14BrNO5/c1-17-8-3-7(11(14)15)4-9(5-8)19-6-10(13)12(16)18-2/h3-5,10H,6H2,1-2H3,(H2,14,15). The molecule has 0 aliphatic heterocycles. The van der Waals surface area contributed by atoms with Crippen molar-refractivity contribution in [2.75, 3.05) is 20.8 Å². The molecule has 0 saturated heterocycles. The second kappa shape index (κ2) is 6.98. The zero-order chi connectivity index (χ0) is 14.4. The highest BCUT2D eigenvalue weighted by Crippen LogP contribution is 2.23. The summed E-state index contributed by atoms with van der Waals surface area (Å²) >= 11 is 3.12. The molecule has 104 valence electrons. The number of nitrogens with two attached hydrogens (primary N) is 1. The maximum absolute atomic E-state index is 11.2. The number of hydrogen-bond donors (Lipinski definition) is 1. The zero-order valence-corrected chi connectivity index (χ0v) is 12.1. The Hall–Kier alpha value is -1.76. The molecule has 0 aliphatic carbocycles. The number of halogens is 1. The predicted molar refractivity (Wildman–Crippen MR) is 71.7 cm³/mol. The Morgan fingerprint density at radius 2 is 1.89 bits per heavy atom. The average Bonchev–Trinajstić information content (AvgIpc) is 2.43. The molecule has 0 aliphatic rings. The van der Waals surface area contributed by atoms with Gasteiger partial charge in [-0.05, 0) is 12.1 Å². The Morgan fingerprint density at radius 1 is 1.26 bits per heavy atom. The molecule has 1 unspecified atom stereocenters. The molecule has 0 aromatic heterocycles. The first-order chi connectivity index (χ1) is 8.97. The minimum Gasteiger partial charge on any atom is -0.497 e. The van der Waals surface area contributed by atoms with Crippen LogP contribution in [-0.4, -0.2) is 37.5 Å². The summed E-state index contributed by atoms with van der Waals surface area (Å²) in [4.78, 5) is 21.7. The zero-order valence-electron chi connectivity index (χ0n) is 10.5. The van der Waals surface area contributed by atoms with Crippen LogP contribution in [0.3, 0.4) is 0 Å². The minimum atomic E-state index is -0.597. The van der Waals surface area contributed by atoms with Gasteiger partial charge in [0.2, 0.25) is 5.91 Å². The molecule has 1 rings (SSSR count). The quantitative estimate of drug-likeness (QED) is 0.623. The van der Waals surface area contributed by atoms with Gasteiger partial charge in [0.25, 0.3) is 0 Å². The maximum Gasteiger partial charge on any atom is 0.322 e. The van der Waals surface area contributed by atoms with Gasteiger partial charge in [-0.3, -0.25) is 9.59 Å². The van der Waals surface area contributed by atoms with Crippen molar-refractivity contribution in [3.8, 4) is 11.5 Å². The van der Waals surface area contributed by atoms with Gasteiger partial charge in [0.05, 0.1) is 14.2 Å². The van der Waals surface area contributed by atoms with Crippen molar-refractivity contribution in [1.29, 1.82) is 0 Å². The molecule has 7 heteroatoms. The van der Waals surface area contributed by atoms with E-state index in [-0.39, 0.29) is 12.2 Å². The third-order valence-electron chi connectivity index (χ3n) is 2.25. The number of amides is 1. The van der Waals surface area contributed by atoms with Crippen LogP contribution in [0.25, 0.3) is 0 Å². The first-order valence-electron chi connectivity index (χ1n) is 5.31. The fourth-order valence-corrected chi connectivity index (χ4v) is 1.60. The summed E-state index contributed by atoms with van der Waals surface area (Å²) in [5.41, 5.74) is 5.46. The van der Waals surface area contributed by atoms with Crippen LogP contribution in [0.2, 0.25) is 0 Å². The molecule has 1 aromatic carbocycles. The van der Waals surface area contributed by atoms with Crippen LogP contribution in [-0.2, 0) is 9.53 Å².